The van der Waals surface area contributed by atoms with Gasteiger partial charge in [0.2, 0.25) is 5.82 Å². The molecule has 8 heteroatoms. The third-order valence-electron chi connectivity index (χ3n) is 3.92. The molecule has 0 unspecified atom stereocenters. The van der Waals surface area contributed by atoms with Crippen molar-refractivity contribution in [3.8, 4) is 28.6 Å². The van der Waals surface area contributed by atoms with Gasteiger partial charge in [-0.25, -0.2) is 4.79 Å². The Hall–Kier alpha value is -3.55. The van der Waals surface area contributed by atoms with E-state index in [9.17, 15) is 4.79 Å². The monoisotopic (exact) mass is 398 g/mol. The van der Waals surface area contributed by atoms with Crippen LogP contribution in [0.3, 0.4) is 0 Å². The third kappa shape index (κ3) is 5.25. The van der Waals surface area contributed by atoms with Gasteiger partial charge in [-0.15, -0.1) is 0 Å². The highest BCUT2D eigenvalue weighted by atomic mass is 16.6. The molecule has 0 bridgehead atoms. The number of rotatable bonds is 9. The summed E-state index contributed by atoms with van der Waals surface area (Å²) in [6.07, 6.45) is 0. The zero-order valence-corrected chi connectivity index (χ0v) is 16.5. The molecule has 152 valence electrons. The molecule has 0 radical (unpaired) electrons. The molecule has 0 saturated heterocycles. The summed E-state index contributed by atoms with van der Waals surface area (Å²) in [5.41, 5.74) is 1.72. The first-order valence-corrected chi connectivity index (χ1v) is 9.08. The van der Waals surface area contributed by atoms with Crippen LogP contribution in [0, 0.1) is 6.92 Å². The highest BCUT2D eigenvalue weighted by molar-refractivity contribution is 5.71. The lowest BCUT2D eigenvalue weighted by molar-refractivity contribution is -0.148. The van der Waals surface area contributed by atoms with E-state index in [0.29, 0.717) is 35.2 Å². The second kappa shape index (κ2) is 9.59. The van der Waals surface area contributed by atoms with Gasteiger partial charge < -0.3 is 23.5 Å². The first kappa shape index (κ1) is 20.2. The molecule has 0 aliphatic heterocycles. The van der Waals surface area contributed by atoms with Crippen LogP contribution in [-0.2, 0) is 16.1 Å². The average Bonchev–Trinajstić information content (AvgIpc) is 3.20. The Kier molecular flexibility index (Phi) is 6.67. The van der Waals surface area contributed by atoms with E-state index in [1.54, 1.807) is 6.07 Å². The van der Waals surface area contributed by atoms with Gasteiger partial charge in [-0.2, -0.15) is 4.98 Å². The van der Waals surface area contributed by atoms with Crippen molar-refractivity contribution >= 4 is 5.97 Å². The van der Waals surface area contributed by atoms with E-state index >= 15 is 0 Å². The minimum Gasteiger partial charge on any atom is -0.493 e. The fourth-order valence-corrected chi connectivity index (χ4v) is 2.57. The Morgan fingerprint density at radius 1 is 1.07 bits per heavy atom. The maximum absolute atomic E-state index is 12.0. The molecule has 0 aliphatic carbocycles. The van der Waals surface area contributed by atoms with Gasteiger partial charge in [0, 0.05) is 0 Å². The standard InChI is InChI=1S/C21H22N2O6/c1-4-26-16-8-6-5-7-15(16)21-22-19(29-23-21)12-28-20(24)13-27-17-10-9-14(2)11-18(17)25-3/h5-11H,4,12-13H2,1-3H3. The number of methoxy groups -OCH3 is 1. The molecule has 0 atom stereocenters. The first-order valence-electron chi connectivity index (χ1n) is 9.08. The number of benzene rings is 2. The molecule has 0 fully saturated rings. The Morgan fingerprint density at radius 3 is 2.69 bits per heavy atom. The average molecular weight is 398 g/mol. The SMILES string of the molecule is CCOc1ccccc1-c1noc(COC(=O)COc2ccc(C)cc2OC)n1. The van der Waals surface area contributed by atoms with Crippen molar-refractivity contribution in [2.45, 2.75) is 20.5 Å². The number of para-hydroxylation sites is 1. The van der Waals surface area contributed by atoms with Gasteiger partial charge in [0.1, 0.15) is 5.75 Å². The summed E-state index contributed by atoms with van der Waals surface area (Å²) in [5, 5.41) is 3.93. The number of carbonyl (C=O) groups is 1. The van der Waals surface area contributed by atoms with Gasteiger partial charge >= 0.3 is 5.97 Å². The number of hydrogen-bond donors (Lipinski definition) is 0. The van der Waals surface area contributed by atoms with E-state index in [-0.39, 0.29) is 19.1 Å². The topological polar surface area (TPSA) is 92.9 Å². The Balaban J connectivity index is 1.55. The number of esters is 1. The lowest BCUT2D eigenvalue weighted by Gasteiger charge is -2.10. The van der Waals surface area contributed by atoms with Crippen LogP contribution >= 0.6 is 0 Å². The van der Waals surface area contributed by atoms with E-state index in [1.165, 1.54) is 7.11 Å². The molecule has 0 saturated carbocycles. The summed E-state index contributed by atoms with van der Waals surface area (Å²) in [6.45, 7) is 3.92. The molecule has 1 heterocycles. The van der Waals surface area contributed by atoms with E-state index in [1.807, 2.05) is 50.2 Å². The van der Waals surface area contributed by atoms with Crippen LogP contribution in [0.15, 0.2) is 47.0 Å². The molecule has 3 rings (SSSR count). The molecule has 2 aromatic carbocycles. The number of nitrogens with zero attached hydrogens (tertiary/aromatic N) is 2. The normalized spacial score (nSPS) is 10.4. The fourth-order valence-electron chi connectivity index (χ4n) is 2.57. The van der Waals surface area contributed by atoms with Gasteiger partial charge in [-0.1, -0.05) is 23.4 Å². The smallest absolute Gasteiger partial charge is 0.344 e. The van der Waals surface area contributed by atoms with Gasteiger partial charge in [0.25, 0.3) is 5.89 Å². The lowest BCUT2D eigenvalue weighted by Crippen LogP contribution is -2.15. The van der Waals surface area contributed by atoms with Gasteiger partial charge in [0.05, 0.1) is 19.3 Å². The van der Waals surface area contributed by atoms with Gasteiger partial charge in [-0.05, 0) is 43.7 Å². The second-order valence-electron chi connectivity index (χ2n) is 6.04. The molecule has 3 aromatic rings. The lowest BCUT2D eigenvalue weighted by atomic mass is 10.2. The molecule has 8 nitrogen and oxygen atoms in total. The van der Waals surface area contributed by atoms with E-state index < -0.39 is 5.97 Å². The highest BCUT2D eigenvalue weighted by Gasteiger charge is 2.15. The summed E-state index contributed by atoms with van der Waals surface area (Å²) in [5.74, 6) is 1.63. The maximum atomic E-state index is 12.0. The fraction of sp³-hybridized carbons (Fsp3) is 0.286. The summed E-state index contributed by atoms with van der Waals surface area (Å²) >= 11 is 0. The van der Waals surface area contributed by atoms with E-state index in [4.69, 9.17) is 23.5 Å². The summed E-state index contributed by atoms with van der Waals surface area (Å²) < 4.78 is 26.6. The third-order valence-corrected chi connectivity index (χ3v) is 3.92. The van der Waals surface area contributed by atoms with Crippen molar-refractivity contribution in [1.82, 2.24) is 10.1 Å². The molecule has 0 amide bonds. The predicted octanol–water partition coefficient (Wildman–Crippen LogP) is 3.57. The zero-order valence-electron chi connectivity index (χ0n) is 16.5. The van der Waals surface area contributed by atoms with Gasteiger partial charge in [0.15, 0.2) is 24.7 Å². The minimum atomic E-state index is -0.568. The molecule has 29 heavy (non-hydrogen) atoms. The first-order chi connectivity index (χ1) is 14.1. The van der Waals surface area contributed by atoms with E-state index in [0.717, 1.165) is 5.56 Å². The molecule has 0 aliphatic rings. The Bertz CT molecular complexity index is 969. The number of aryl methyl sites for hydroxylation is 1. The van der Waals surface area contributed by atoms with Crippen molar-refractivity contribution in [2.75, 3.05) is 20.3 Å². The number of ether oxygens (including phenoxy) is 4. The van der Waals surface area contributed by atoms with Crippen molar-refractivity contribution in [3.05, 3.63) is 53.9 Å². The minimum absolute atomic E-state index is 0.156. The van der Waals surface area contributed by atoms with Crippen LogP contribution in [0.1, 0.15) is 18.4 Å². The van der Waals surface area contributed by atoms with Crippen LogP contribution in [0.4, 0.5) is 0 Å². The zero-order chi connectivity index (χ0) is 20.6. The quantitative estimate of drug-likeness (QED) is 0.505. The number of hydrogen-bond acceptors (Lipinski definition) is 8. The van der Waals surface area contributed by atoms with Gasteiger partial charge in [-0.3, -0.25) is 0 Å². The second-order valence-corrected chi connectivity index (χ2v) is 6.04. The van der Waals surface area contributed by atoms with E-state index in [2.05, 4.69) is 10.1 Å². The van der Waals surface area contributed by atoms with Crippen LogP contribution < -0.4 is 14.2 Å². The van der Waals surface area contributed by atoms with Crippen molar-refractivity contribution in [3.63, 3.8) is 0 Å². The van der Waals surface area contributed by atoms with Crippen LogP contribution in [-0.4, -0.2) is 36.4 Å². The number of carbonyl (C=O) groups excluding carboxylic acids is 1. The predicted molar refractivity (Wildman–Crippen MR) is 104 cm³/mol. The summed E-state index contributed by atoms with van der Waals surface area (Å²) in [4.78, 5) is 16.2. The molecule has 0 N–H and O–H groups in total. The van der Waals surface area contributed by atoms with Crippen LogP contribution in [0.5, 0.6) is 17.2 Å². The van der Waals surface area contributed by atoms with Crippen LogP contribution in [0.2, 0.25) is 0 Å². The largest absolute Gasteiger partial charge is 0.493 e. The molecular formula is C21H22N2O6. The van der Waals surface area contributed by atoms with Crippen LogP contribution in [0.25, 0.3) is 11.4 Å². The highest BCUT2D eigenvalue weighted by Crippen LogP contribution is 2.28. The summed E-state index contributed by atoms with van der Waals surface area (Å²) in [7, 11) is 1.54. The number of aromatic nitrogens is 2. The summed E-state index contributed by atoms with van der Waals surface area (Å²) in [6, 6.07) is 12.8. The molecule has 1 aromatic heterocycles. The Morgan fingerprint density at radius 2 is 1.90 bits per heavy atom. The molecular weight excluding hydrogens is 376 g/mol. The maximum Gasteiger partial charge on any atom is 0.344 e. The van der Waals surface area contributed by atoms with Crippen molar-refractivity contribution < 1.29 is 28.3 Å². The van der Waals surface area contributed by atoms with Crippen molar-refractivity contribution in [1.29, 1.82) is 0 Å². The molecule has 0 spiro atoms. The Labute approximate surface area is 168 Å². The van der Waals surface area contributed by atoms with Crippen molar-refractivity contribution in [2.24, 2.45) is 0 Å².